The summed E-state index contributed by atoms with van der Waals surface area (Å²) in [5.74, 6) is 0. The van der Waals surface area contributed by atoms with Crippen molar-refractivity contribution in [3.63, 3.8) is 0 Å². The van der Waals surface area contributed by atoms with Crippen molar-refractivity contribution in [2.45, 2.75) is 18.6 Å². The second-order valence-corrected chi connectivity index (χ2v) is 3.46. The third-order valence-electron chi connectivity index (χ3n) is 2.47. The van der Waals surface area contributed by atoms with Crippen molar-refractivity contribution < 1.29 is 9.94 Å². The van der Waals surface area contributed by atoms with Crippen LogP contribution in [0.4, 0.5) is 0 Å². The predicted molar refractivity (Wildman–Crippen MR) is 51.3 cm³/mol. The van der Waals surface area contributed by atoms with Crippen LogP contribution in [0.1, 0.15) is 18.2 Å². The zero-order valence-electron chi connectivity index (χ0n) is 8.13. The van der Waals surface area contributed by atoms with E-state index in [1.807, 2.05) is 25.2 Å². The standard InChI is InChI=1S/C10H14N2O2/c1-12-10(6-8(7-13)14-12)9-4-2-3-5-11-9/h2-5,8,10,13H,6-7H2,1H3/t8-,10-/m1/s1. The van der Waals surface area contributed by atoms with E-state index in [4.69, 9.17) is 9.94 Å². The third kappa shape index (κ3) is 1.77. The molecule has 0 amide bonds. The molecule has 2 heterocycles. The summed E-state index contributed by atoms with van der Waals surface area (Å²) in [6.07, 6.45) is 2.48. The van der Waals surface area contributed by atoms with Crippen LogP contribution in [0, 0.1) is 0 Å². The zero-order chi connectivity index (χ0) is 9.97. The van der Waals surface area contributed by atoms with Gasteiger partial charge in [0.1, 0.15) is 6.10 Å². The van der Waals surface area contributed by atoms with Crippen molar-refractivity contribution in [2.24, 2.45) is 0 Å². The molecule has 1 aromatic rings. The molecule has 1 aromatic heterocycles. The number of pyridine rings is 1. The fourth-order valence-corrected chi connectivity index (χ4v) is 1.74. The molecule has 1 fully saturated rings. The Morgan fingerprint density at radius 3 is 3.07 bits per heavy atom. The Kier molecular flexibility index (Phi) is 2.77. The van der Waals surface area contributed by atoms with E-state index in [9.17, 15) is 0 Å². The van der Waals surface area contributed by atoms with E-state index < -0.39 is 0 Å². The molecule has 4 nitrogen and oxygen atoms in total. The molecule has 0 saturated carbocycles. The quantitative estimate of drug-likeness (QED) is 0.754. The second kappa shape index (κ2) is 4.04. The van der Waals surface area contributed by atoms with E-state index >= 15 is 0 Å². The molecule has 1 N–H and O–H groups in total. The zero-order valence-corrected chi connectivity index (χ0v) is 8.13. The molecule has 14 heavy (non-hydrogen) atoms. The summed E-state index contributed by atoms with van der Waals surface area (Å²) >= 11 is 0. The normalized spacial score (nSPS) is 28.1. The number of rotatable bonds is 2. The Labute approximate surface area is 83.1 Å². The van der Waals surface area contributed by atoms with Gasteiger partial charge in [0.2, 0.25) is 0 Å². The van der Waals surface area contributed by atoms with Crippen LogP contribution in [-0.4, -0.2) is 34.9 Å². The first kappa shape index (κ1) is 9.58. The number of nitrogens with zero attached hydrogens (tertiary/aromatic N) is 2. The fourth-order valence-electron chi connectivity index (χ4n) is 1.74. The number of hydrogen-bond acceptors (Lipinski definition) is 4. The van der Waals surface area contributed by atoms with Gasteiger partial charge in [-0.05, 0) is 12.1 Å². The highest BCUT2D eigenvalue weighted by Crippen LogP contribution is 2.30. The maximum absolute atomic E-state index is 8.98. The molecule has 2 atom stereocenters. The van der Waals surface area contributed by atoms with Crippen LogP contribution in [-0.2, 0) is 4.84 Å². The summed E-state index contributed by atoms with van der Waals surface area (Å²) < 4.78 is 0. The summed E-state index contributed by atoms with van der Waals surface area (Å²) in [5.41, 5.74) is 0.992. The lowest BCUT2D eigenvalue weighted by molar-refractivity contribution is -0.153. The molecule has 1 saturated heterocycles. The Hall–Kier alpha value is -0.970. The van der Waals surface area contributed by atoms with Gasteiger partial charge in [-0.15, -0.1) is 0 Å². The molecule has 2 rings (SSSR count). The molecule has 0 aliphatic carbocycles. The molecular formula is C10H14N2O2. The maximum Gasteiger partial charge on any atom is 0.104 e. The van der Waals surface area contributed by atoms with Crippen molar-refractivity contribution in [2.75, 3.05) is 13.7 Å². The molecule has 0 unspecified atom stereocenters. The van der Waals surface area contributed by atoms with Gasteiger partial charge in [0.05, 0.1) is 18.3 Å². The van der Waals surface area contributed by atoms with E-state index in [1.54, 1.807) is 11.3 Å². The fraction of sp³-hybridized carbons (Fsp3) is 0.500. The van der Waals surface area contributed by atoms with Gasteiger partial charge in [0.25, 0.3) is 0 Å². The first-order chi connectivity index (χ1) is 6.81. The monoisotopic (exact) mass is 194 g/mol. The van der Waals surface area contributed by atoms with Gasteiger partial charge in [-0.25, -0.2) is 0 Å². The van der Waals surface area contributed by atoms with E-state index in [1.165, 1.54) is 0 Å². The van der Waals surface area contributed by atoms with E-state index in [0.717, 1.165) is 12.1 Å². The molecule has 4 heteroatoms. The van der Waals surface area contributed by atoms with Gasteiger partial charge >= 0.3 is 0 Å². The lowest BCUT2D eigenvalue weighted by atomic mass is 10.1. The lowest BCUT2D eigenvalue weighted by Gasteiger charge is -2.16. The van der Waals surface area contributed by atoms with Crippen molar-refractivity contribution in [1.29, 1.82) is 0 Å². The number of aliphatic hydroxyl groups is 1. The summed E-state index contributed by atoms with van der Waals surface area (Å²) in [4.78, 5) is 9.70. The van der Waals surface area contributed by atoms with E-state index in [-0.39, 0.29) is 18.8 Å². The van der Waals surface area contributed by atoms with Crippen LogP contribution < -0.4 is 0 Å². The maximum atomic E-state index is 8.98. The van der Waals surface area contributed by atoms with Gasteiger partial charge in [0.15, 0.2) is 0 Å². The Bertz CT molecular complexity index is 291. The molecule has 1 aliphatic heterocycles. The summed E-state index contributed by atoms with van der Waals surface area (Å²) in [7, 11) is 1.87. The highest BCUT2D eigenvalue weighted by atomic mass is 16.7. The highest BCUT2D eigenvalue weighted by molar-refractivity contribution is 5.09. The summed E-state index contributed by atoms with van der Waals surface area (Å²) in [5, 5.41) is 10.7. The van der Waals surface area contributed by atoms with Crippen LogP contribution in [0.25, 0.3) is 0 Å². The van der Waals surface area contributed by atoms with E-state index in [0.29, 0.717) is 0 Å². The summed E-state index contributed by atoms with van der Waals surface area (Å²) in [6, 6.07) is 5.99. The van der Waals surface area contributed by atoms with Crippen LogP contribution >= 0.6 is 0 Å². The molecular weight excluding hydrogens is 180 g/mol. The van der Waals surface area contributed by atoms with Crippen LogP contribution in [0.3, 0.4) is 0 Å². The minimum atomic E-state index is -0.0907. The van der Waals surface area contributed by atoms with Crippen molar-refractivity contribution in [3.05, 3.63) is 30.1 Å². The second-order valence-electron chi connectivity index (χ2n) is 3.46. The summed E-state index contributed by atoms with van der Waals surface area (Å²) in [6.45, 7) is 0.0632. The lowest BCUT2D eigenvalue weighted by Crippen LogP contribution is -2.18. The first-order valence-corrected chi connectivity index (χ1v) is 4.72. The van der Waals surface area contributed by atoms with Crippen molar-refractivity contribution in [3.8, 4) is 0 Å². The largest absolute Gasteiger partial charge is 0.394 e. The topological polar surface area (TPSA) is 45.6 Å². The molecule has 0 aromatic carbocycles. The van der Waals surface area contributed by atoms with Crippen LogP contribution in [0.15, 0.2) is 24.4 Å². The van der Waals surface area contributed by atoms with Crippen molar-refractivity contribution >= 4 is 0 Å². The van der Waals surface area contributed by atoms with Gasteiger partial charge in [-0.3, -0.25) is 9.82 Å². The third-order valence-corrected chi connectivity index (χ3v) is 2.47. The molecule has 0 bridgehead atoms. The number of aliphatic hydroxyl groups excluding tert-OH is 1. The van der Waals surface area contributed by atoms with Gasteiger partial charge in [-0.1, -0.05) is 6.07 Å². The van der Waals surface area contributed by atoms with Gasteiger partial charge < -0.3 is 5.11 Å². The SMILES string of the molecule is CN1O[C@@H](CO)C[C@@H]1c1ccccn1. The number of hydrogen-bond donors (Lipinski definition) is 1. The predicted octanol–water partition coefficient (Wildman–Crippen LogP) is 0.751. The Balaban J connectivity index is 2.13. The minimum absolute atomic E-state index is 0.0632. The average molecular weight is 194 g/mol. The molecule has 0 spiro atoms. The minimum Gasteiger partial charge on any atom is -0.394 e. The first-order valence-electron chi connectivity index (χ1n) is 4.72. The smallest absolute Gasteiger partial charge is 0.104 e. The van der Waals surface area contributed by atoms with Gasteiger partial charge in [0, 0.05) is 19.7 Å². The molecule has 0 radical (unpaired) electrons. The van der Waals surface area contributed by atoms with Crippen LogP contribution in [0.2, 0.25) is 0 Å². The molecule has 1 aliphatic rings. The van der Waals surface area contributed by atoms with E-state index in [2.05, 4.69) is 4.98 Å². The van der Waals surface area contributed by atoms with Crippen molar-refractivity contribution in [1.82, 2.24) is 10.0 Å². The number of aromatic nitrogens is 1. The highest BCUT2D eigenvalue weighted by Gasteiger charge is 2.32. The van der Waals surface area contributed by atoms with Crippen LogP contribution in [0.5, 0.6) is 0 Å². The van der Waals surface area contributed by atoms with Gasteiger partial charge in [-0.2, -0.15) is 5.06 Å². The Morgan fingerprint density at radius 2 is 2.50 bits per heavy atom. The molecule has 76 valence electrons. The Morgan fingerprint density at radius 1 is 1.64 bits per heavy atom. The number of hydroxylamine groups is 2. The average Bonchev–Trinajstić information content (AvgIpc) is 2.61.